The molecule has 1 unspecified atom stereocenters. The first kappa shape index (κ1) is 31.9. The summed E-state index contributed by atoms with van der Waals surface area (Å²) >= 11 is 7.97. The lowest BCUT2D eigenvalue weighted by molar-refractivity contribution is -0.152. The van der Waals surface area contributed by atoms with E-state index in [1.54, 1.807) is 0 Å². The molecule has 0 fully saturated rings. The molecule has 0 aromatic carbocycles. The van der Waals surface area contributed by atoms with Crippen LogP contribution >= 0.6 is 25.3 Å². The van der Waals surface area contributed by atoms with Crippen molar-refractivity contribution in [3.05, 3.63) is 0 Å². The smallest absolute Gasteiger partial charge is 0.328 e. The van der Waals surface area contributed by atoms with Gasteiger partial charge in [-0.05, 0) is 0 Å². The Hall–Kier alpha value is -3.05. The molecule has 0 saturated heterocycles. The van der Waals surface area contributed by atoms with Gasteiger partial charge in [-0.3, -0.25) is 28.8 Å². The second-order valence-corrected chi connectivity index (χ2v) is 7.75. The summed E-state index contributed by atoms with van der Waals surface area (Å²) in [6.07, 6.45) is 0. The summed E-state index contributed by atoms with van der Waals surface area (Å²) < 4.78 is 0. The van der Waals surface area contributed by atoms with Gasteiger partial charge in [0.15, 0.2) is 0 Å². The molecule has 15 nitrogen and oxygen atoms in total. The van der Waals surface area contributed by atoms with Gasteiger partial charge < -0.3 is 42.3 Å². The van der Waals surface area contributed by atoms with E-state index in [-0.39, 0.29) is 18.1 Å². The normalized spacial score (nSPS) is 12.8. The third-order valence-electron chi connectivity index (χ3n) is 4.25. The highest BCUT2D eigenvalue weighted by molar-refractivity contribution is 7.80. The number of carboxylic acids is 1. The number of nitrogens with one attached hydrogen (secondary N) is 5. The van der Waals surface area contributed by atoms with Crippen LogP contribution in [-0.2, 0) is 33.6 Å². The lowest BCUT2D eigenvalue weighted by Crippen LogP contribution is -2.60. The molecule has 0 bridgehead atoms. The maximum atomic E-state index is 13.0. The van der Waals surface area contributed by atoms with Crippen LogP contribution in [0, 0.1) is 0 Å². The predicted molar refractivity (Wildman–Crippen MR) is 129 cm³/mol. The minimum absolute atomic E-state index is 0.0695. The molecule has 0 heterocycles. The van der Waals surface area contributed by atoms with Crippen LogP contribution in [0.1, 0.15) is 13.8 Å². The molecule has 17 heteroatoms. The van der Waals surface area contributed by atoms with E-state index < -0.39 is 79.3 Å². The standard InChI is InChI=1S/C18H31N7O8S2/c1-9(26)20-4-13(18(32)33)25(8-22-10(2)27)17(31)12(7-35)24-15(29)5-21-16(30)11(6-34)23-14(28)3-19/h11-13,34-35H,3-8,19H2,1-2H3,(H,20,26)(H,21,30)(H,22,27)(H,23,28)(H,24,29)(H,32,33)/t11?,12-,13+/m1/s1. The Morgan fingerprint density at radius 1 is 0.857 bits per heavy atom. The highest BCUT2D eigenvalue weighted by Crippen LogP contribution is 2.05. The molecule has 3 atom stereocenters. The molecule has 0 spiro atoms. The molecule has 0 aliphatic carbocycles. The number of hydrogen-bond donors (Lipinski definition) is 9. The van der Waals surface area contributed by atoms with E-state index in [1.165, 1.54) is 0 Å². The first-order chi connectivity index (χ1) is 16.4. The molecule has 0 radical (unpaired) electrons. The quantitative estimate of drug-likeness (QED) is 0.0722. The van der Waals surface area contributed by atoms with Crippen molar-refractivity contribution < 1.29 is 38.7 Å². The van der Waals surface area contributed by atoms with Gasteiger partial charge in [0, 0.05) is 31.9 Å². The molecule has 0 aliphatic heterocycles. The van der Waals surface area contributed by atoms with Gasteiger partial charge in [0.25, 0.3) is 0 Å². The van der Waals surface area contributed by atoms with Crippen molar-refractivity contribution in [3.63, 3.8) is 0 Å². The first-order valence-corrected chi connectivity index (χ1v) is 11.4. The van der Waals surface area contributed by atoms with Gasteiger partial charge in [-0.25, -0.2) is 4.79 Å². The Bertz CT molecular complexity index is 814. The maximum absolute atomic E-state index is 13.0. The number of carboxylic acid groups (broad SMARTS) is 1. The fraction of sp³-hybridized carbons (Fsp3) is 0.611. The average molecular weight is 538 g/mol. The van der Waals surface area contributed by atoms with E-state index in [2.05, 4.69) is 51.8 Å². The van der Waals surface area contributed by atoms with Crippen molar-refractivity contribution in [1.82, 2.24) is 31.5 Å². The lowest BCUT2D eigenvalue weighted by Gasteiger charge is -2.32. The van der Waals surface area contributed by atoms with E-state index in [9.17, 15) is 38.7 Å². The summed E-state index contributed by atoms with van der Waals surface area (Å²) in [6.45, 7) is 0.395. The zero-order valence-corrected chi connectivity index (χ0v) is 21.0. The highest BCUT2D eigenvalue weighted by atomic mass is 32.1. The van der Waals surface area contributed by atoms with Crippen LogP contribution in [0.4, 0.5) is 0 Å². The van der Waals surface area contributed by atoms with Crippen LogP contribution in [-0.4, -0.2) is 107 Å². The molecule has 0 aromatic heterocycles. The van der Waals surface area contributed by atoms with Crippen molar-refractivity contribution in [2.45, 2.75) is 32.0 Å². The third kappa shape index (κ3) is 12.3. The van der Waals surface area contributed by atoms with Crippen molar-refractivity contribution in [1.29, 1.82) is 0 Å². The summed E-state index contributed by atoms with van der Waals surface area (Å²) in [4.78, 5) is 83.9. The number of nitrogens with zero attached hydrogens (tertiary/aromatic N) is 1. The van der Waals surface area contributed by atoms with Crippen molar-refractivity contribution >= 4 is 66.7 Å². The fourth-order valence-electron chi connectivity index (χ4n) is 2.48. The number of nitrogens with two attached hydrogens (primary N) is 1. The second kappa shape index (κ2) is 16.6. The van der Waals surface area contributed by atoms with Gasteiger partial charge in [0.05, 0.1) is 19.8 Å². The van der Waals surface area contributed by atoms with Crippen molar-refractivity contribution in [2.24, 2.45) is 5.73 Å². The van der Waals surface area contributed by atoms with Gasteiger partial charge in [0.1, 0.15) is 18.1 Å². The molecule has 8 N–H and O–H groups in total. The van der Waals surface area contributed by atoms with Crippen molar-refractivity contribution in [3.8, 4) is 0 Å². The van der Waals surface area contributed by atoms with Crippen LogP contribution in [0.2, 0.25) is 0 Å². The molecule has 0 aliphatic rings. The molecule has 0 rings (SSSR count). The largest absolute Gasteiger partial charge is 0.480 e. The zero-order chi connectivity index (χ0) is 27.1. The summed E-state index contributed by atoms with van der Waals surface area (Å²) in [5.74, 6) is -5.94. The SMILES string of the molecule is CC(=O)NC[C@@H](C(=O)O)N(CNC(C)=O)C(=O)[C@@H](CS)NC(=O)CNC(=O)C(CS)NC(=O)CN. The number of carbonyl (C=O) groups excluding carboxylic acids is 6. The monoisotopic (exact) mass is 537 g/mol. The van der Waals surface area contributed by atoms with E-state index in [4.69, 9.17) is 5.73 Å². The van der Waals surface area contributed by atoms with Crippen LogP contribution in [0.3, 0.4) is 0 Å². The summed E-state index contributed by atoms with van der Waals surface area (Å²) in [6, 6.07) is -3.96. The fourth-order valence-corrected chi connectivity index (χ4v) is 2.98. The molecule has 35 heavy (non-hydrogen) atoms. The second-order valence-electron chi connectivity index (χ2n) is 7.02. The Labute approximate surface area is 212 Å². The highest BCUT2D eigenvalue weighted by Gasteiger charge is 2.34. The summed E-state index contributed by atoms with van der Waals surface area (Å²) in [5.41, 5.74) is 5.18. The molecule has 0 saturated carbocycles. The first-order valence-electron chi connectivity index (χ1n) is 10.2. The number of aliphatic carboxylic acids is 1. The lowest BCUT2D eigenvalue weighted by atomic mass is 10.2. The van der Waals surface area contributed by atoms with E-state index >= 15 is 0 Å². The van der Waals surface area contributed by atoms with Gasteiger partial charge in [-0.2, -0.15) is 25.3 Å². The summed E-state index contributed by atoms with van der Waals surface area (Å²) in [7, 11) is 0. The Morgan fingerprint density at radius 2 is 1.40 bits per heavy atom. The topological polar surface area (TPSA) is 229 Å². The average Bonchev–Trinajstić information content (AvgIpc) is 2.80. The molecule has 6 amide bonds. The Kier molecular flexibility index (Phi) is 15.1. The minimum atomic E-state index is -1.57. The van der Waals surface area contributed by atoms with E-state index in [0.717, 1.165) is 18.7 Å². The molecule has 198 valence electrons. The third-order valence-corrected chi connectivity index (χ3v) is 4.98. The molecular weight excluding hydrogens is 506 g/mol. The summed E-state index contributed by atoms with van der Waals surface area (Å²) in [5, 5.41) is 21.0. The number of carbonyl (C=O) groups is 7. The van der Waals surface area contributed by atoms with Crippen LogP contribution in [0.25, 0.3) is 0 Å². The van der Waals surface area contributed by atoms with E-state index in [1.807, 2.05) is 0 Å². The molecular formula is C18H31N7O8S2. The number of rotatable bonds is 15. The Morgan fingerprint density at radius 3 is 1.86 bits per heavy atom. The zero-order valence-electron chi connectivity index (χ0n) is 19.2. The van der Waals surface area contributed by atoms with Crippen LogP contribution in [0.5, 0.6) is 0 Å². The molecule has 0 aromatic rings. The van der Waals surface area contributed by atoms with Gasteiger partial charge in [0.2, 0.25) is 35.4 Å². The van der Waals surface area contributed by atoms with Gasteiger partial charge in [-0.1, -0.05) is 0 Å². The van der Waals surface area contributed by atoms with Crippen LogP contribution in [0.15, 0.2) is 0 Å². The Balaban J connectivity index is 5.37. The predicted octanol–water partition coefficient (Wildman–Crippen LogP) is -4.60. The van der Waals surface area contributed by atoms with E-state index in [0.29, 0.717) is 0 Å². The van der Waals surface area contributed by atoms with Crippen LogP contribution < -0.4 is 32.3 Å². The number of hydrogen-bond acceptors (Lipinski definition) is 10. The number of amides is 6. The van der Waals surface area contributed by atoms with Gasteiger partial charge >= 0.3 is 5.97 Å². The number of thiol groups is 2. The van der Waals surface area contributed by atoms with Gasteiger partial charge in [-0.15, -0.1) is 0 Å². The van der Waals surface area contributed by atoms with Crippen molar-refractivity contribution in [2.75, 3.05) is 37.8 Å². The maximum Gasteiger partial charge on any atom is 0.328 e. The minimum Gasteiger partial charge on any atom is -0.480 e.